The van der Waals surface area contributed by atoms with Crippen LogP contribution in [0.25, 0.3) is 0 Å². The van der Waals surface area contributed by atoms with Crippen LogP contribution in [0.1, 0.15) is 34.3 Å². The Bertz CT molecular complexity index is 467. The lowest BCUT2D eigenvalue weighted by Crippen LogP contribution is -2.32. The number of aryl methyl sites for hydroxylation is 2. The quantitative estimate of drug-likeness (QED) is 0.780. The molecule has 4 heteroatoms. The molecule has 0 radical (unpaired) electrons. The fourth-order valence-electron chi connectivity index (χ4n) is 2.41. The number of hydrogen-bond donors (Lipinski definition) is 0. The van der Waals surface area contributed by atoms with Gasteiger partial charge in [-0.3, -0.25) is 9.59 Å². The van der Waals surface area contributed by atoms with Crippen LogP contribution in [0.2, 0.25) is 0 Å². The summed E-state index contributed by atoms with van der Waals surface area (Å²) in [5.41, 5.74) is 2.44. The van der Waals surface area contributed by atoms with Crippen LogP contribution in [0.4, 0.5) is 0 Å². The van der Waals surface area contributed by atoms with Crippen molar-refractivity contribution in [3.8, 4) is 5.75 Å². The van der Waals surface area contributed by atoms with Gasteiger partial charge in [0, 0.05) is 18.7 Å². The highest BCUT2D eigenvalue weighted by Gasteiger charge is 2.18. The molecular weight excluding hydrogens is 242 g/mol. The Kier molecular flexibility index (Phi) is 4.20. The molecule has 0 saturated carbocycles. The van der Waals surface area contributed by atoms with Gasteiger partial charge in [0.2, 0.25) is 0 Å². The molecule has 19 heavy (non-hydrogen) atoms. The highest BCUT2D eigenvalue weighted by molar-refractivity contribution is 5.80. The molecule has 0 atom stereocenters. The second-order valence-corrected chi connectivity index (χ2v) is 4.97. The smallest absolute Gasteiger partial charge is 0.260 e. The number of amides is 1. The molecule has 1 amide bonds. The van der Waals surface area contributed by atoms with Crippen LogP contribution in [0.15, 0.2) is 12.1 Å². The second kappa shape index (κ2) is 5.87. The first kappa shape index (κ1) is 13.6. The first-order valence-electron chi connectivity index (χ1n) is 6.59. The molecular formula is C15H19NO3. The fourth-order valence-corrected chi connectivity index (χ4v) is 2.41. The van der Waals surface area contributed by atoms with Gasteiger partial charge in [0.1, 0.15) is 5.75 Å². The summed E-state index contributed by atoms with van der Waals surface area (Å²) in [7, 11) is 0. The number of rotatable bonds is 4. The summed E-state index contributed by atoms with van der Waals surface area (Å²) in [5, 5.41) is 0. The van der Waals surface area contributed by atoms with Crippen molar-refractivity contribution in [2.24, 2.45) is 0 Å². The van der Waals surface area contributed by atoms with Crippen LogP contribution in [0, 0.1) is 13.8 Å². The first-order valence-corrected chi connectivity index (χ1v) is 6.59. The summed E-state index contributed by atoms with van der Waals surface area (Å²) >= 11 is 0. The van der Waals surface area contributed by atoms with E-state index >= 15 is 0 Å². The van der Waals surface area contributed by atoms with Gasteiger partial charge in [-0.25, -0.2) is 0 Å². The summed E-state index contributed by atoms with van der Waals surface area (Å²) in [5.74, 6) is 0.681. The topological polar surface area (TPSA) is 46.6 Å². The Hall–Kier alpha value is -1.84. The predicted molar refractivity (Wildman–Crippen MR) is 72.6 cm³/mol. The third-order valence-corrected chi connectivity index (χ3v) is 3.51. The normalized spacial score (nSPS) is 14.5. The molecule has 1 aromatic rings. The lowest BCUT2D eigenvalue weighted by Gasteiger charge is -2.16. The number of hydrogen-bond acceptors (Lipinski definition) is 3. The van der Waals surface area contributed by atoms with Gasteiger partial charge in [0.25, 0.3) is 5.91 Å². The monoisotopic (exact) mass is 261 g/mol. The second-order valence-electron chi connectivity index (χ2n) is 4.97. The first-order chi connectivity index (χ1) is 9.11. The average molecular weight is 261 g/mol. The maximum atomic E-state index is 11.9. The molecule has 0 bridgehead atoms. The van der Waals surface area contributed by atoms with E-state index in [2.05, 4.69) is 0 Å². The van der Waals surface area contributed by atoms with Gasteiger partial charge in [-0.05, 0) is 49.9 Å². The number of aldehydes is 1. The molecule has 1 saturated heterocycles. The number of carbonyl (C=O) groups excluding carboxylic acids is 2. The Morgan fingerprint density at radius 3 is 2.37 bits per heavy atom. The van der Waals surface area contributed by atoms with Crippen molar-refractivity contribution < 1.29 is 14.3 Å². The van der Waals surface area contributed by atoms with Gasteiger partial charge in [-0.2, -0.15) is 0 Å². The van der Waals surface area contributed by atoms with Gasteiger partial charge in [0.15, 0.2) is 12.9 Å². The molecule has 1 fully saturated rings. The van der Waals surface area contributed by atoms with Gasteiger partial charge >= 0.3 is 0 Å². The Morgan fingerprint density at radius 1 is 1.26 bits per heavy atom. The molecule has 1 heterocycles. The maximum Gasteiger partial charge on any atom is 0.260 e. The van der Waals surface area contributed by atoms with Crippen molar-refractivity contribution in [3.63, 3.8) is 0 Å². The van der Waals surface area contributed by atoms with Crippen molar-refractivity contribution in [1.29, 1.82) is 0 Å². The molecule has 0 N–H and O–H groups in total. The number of carbonyl (C=O) groups is 2. The molecule has 4 nitrogen and oxygen atoms in total. The number of ether oxygens (including phenoxy) is 1. The minimum absolute atomic E-state index is 0.0345. The van der Waals surface area contributed by atoms with E-state index in [-0.39, 0.29) is 12.5 Å². The Morgan fingerprint density at radius 2 is 1.84 bits per heavy atom. The zero-order valence-electron chi connectivity index (χ0n) is 11.4. The molecule has 2 rings (SSSR count). The van der Waals surface area contributed by atoms with Crippen molar-refractivity contribution >= 4 is 12.2 Å². The third-order valence-electron chi connectivity index (χ3n) is 3.51. The van der Waals surface area contributed by atoms with E-state index in [1.54, 1.807) is 12.1 Å². The van der Waals surface area contributed by atoms with Crippen molar-refractivity contribution in [2.45, 2.75) is 26.7 Å². The standard InChI is InChI=1S/C15H19NO3/c1-11-7-13(8-12(2)14(11)9-17)19-10-15(18)16-5-3-4-6-16/h7-9H,3-6,10H2,1-2H3. The Balaban J connectivity index is 1.99. The summed E-state index contributed by atoms with van der Waals surface area (Å²) in [4.78, 5) is 24.6. The van der Waals surface area contributed by atoms with E-state index in [1.165, 1.54) is 0 Å². The molecule has 0 spiro atoms. The summed E-state index contributed by atoms with van der Waals surface area (Å²) < 4.78 is 5.53. The minimum Gasteiger partial charge on any atom is -0.484 e. The van der Waals surface area contributed by atoms with Gasteiger partial charge in [0.05, 0.1) is 0 Å². The van der Waals surface area contributed by atoms with Crippen LogP contribution >= 0.6 is 0 Å². The van der Waals surface area contributed by atoms with Gasteiger partial charge in [-0.15, -0.1) is 0 Å². The fraction of sp³-hybridized carbons (Fsp3) is 0.467. The van der Waals surface area contributed by atoms with Crippen LogP contribution in [0.3, 0.4) is 0 Å². The van der Waals surface area contributed by atoms with E-state index in [1.807, 2.05) is 18.7 Å². The number of likely N-dealkylation sites (tertiary alicyclic amines) is 1. The van der Waals surface area contributed by atoms with Gasteiger partial charge in [-0.1, -0.05) is 0 Å². The van der Waals surface area contributed by atoms with E-state index in [0.29, 0.717) is 11.3 Å². The van der Waals surface area contributed by atoms with Crippen LogP contribution in [0.5, 0.6) is 5.75 Å². The van der Waals surface area contributed by atoms with Crippen LogP contribution in [-0.2, 0) is 4.79 Å². The molecule has 0 unspecified atom stereocenters. The molecule has 0 aliphatic carbocycles. The van der Waals surface area contributed by atoms with Crippen LogP contribution in [-0.4, -0.2) is 36.8 Å². The molecule has 1 aliphatic heterocycles. The SMILES string of the molecule is Cc1cc(OCC(=O)N2CCCC2)cc(C)c1C=O. The van der Waals surface area contributed by atoms with Crippen molar-refractivity contribution in [2.75, 3.05) is 19.7 Å². The average Bonchev–Trinajstić information content (AvgIpc) is 2.89. The number of nitrogens with zero attached hydrogens (tertiary/aromatic N) is 1. The third kappa shape index (κ3) is 3.13. The lowest BCUT2D eigenvalue weighted by molar-refractivity contribution is -0.132. The highest BCUT2D eigenvalue weighted by atomic mass is 16.5. The zero-order valence-corrected chi connectivity index (χ0v) is 11.4. The Labute approximate surface area is 113 Å². The summed E-state index contributed by atoms with van der Waals surface area (Å²) in [6.07, 6.45) is 3.01. The minimum atomic E-state index is 0.0345. The zero-order chi connectivity index (χ0) is 13.8. The van der Waals surface area contributed by atoms with E-state index < -0.39 is 0 Å². The van der Waals surface area contributed by atoms with E-state index in [9.17, 15) is 9.59 Å². The largest absolute Gasteiger partial charge is 0.484 e. The number of benzene rings is 1. The highest BCUT2D eigenvalue weighted by Crippen LogP contribution is 2.20. The van der Waals surface area contributed by atoms with E-state index in [4.69, 9.17) is 4.74 Å². The summed E-state index contributed by atoms with van der Waals surface area (Å²) in [6, 6.07) is 3.60. The maximum absolute atomic E-state index is 11.9. The summed E-state index contributed by atoms with van der Waals surface area (Å²) in [6.45, 7) is 5.48. The molecule has 1 aliphatic rings. The molecule has 102 valence electrons. The van der Waals surface area contributed by atoms with Crippen LogP contribution < -0.4 is 4.74 Å². The van der Waals surface area contributed by atoms with Crippen molar-refractivity contribution in [1.82, 2.24) is 4.90 Å². The van der Waals surface area contributed by atoms with Gasteiger partial charge < -0.3 is 9.64 Å². The predicted octanol–water partition coefficient (Wildman–Crippen LogP) is 2.12. The van der Waals surface area contributed by atoms with E-state index in [0.717, 1.165) is 43.3 Å². The molecule has 1 aromatic carbocycles. The lowest BCUT2D eigenvalue weighted by atomic mass is 10.0. The van der Waals surface area contributed by atoms with Crippen molar-refractivity contribution in [3.05, 3.63) is 28.8 Å². The molecule has 0 aromatic heterocycles.